The van der Waals surface area contributed by atoms with Crippen molar-refractivity contribution in [3.8, 4) is 5.75 Å². The zero-order valence-electron chi connectivity index (χ0n) is 10.9. The van der Waals surface area contributed by atoms with Crippen LogP contribution in [0, 0.1) is 0 Å². The maximum absolute atomic E-state index is 5.59. The standard InChI is InChI=1S/C14H22N2O/c1-3-12-17-14-6-4-13(5-7-14)16-10-8-15(2)9-11-16/h4-7H,3,8-12H2,1-2H3. The molecular formula is C14H22N2O. The van der Waals surface area contributed by atoms with Gasteiger partial charge in [0.1, 0.15) is 5.75 Å². The topological polar surface area (TPSA) is 15.7 Å². The molecule has 0 saturated carbocycles. The second kappa shape index (κ2) is 5.92. The summed E-state index contributed by atoms with van der Waals surface area (Å²) in [7, 11) is 2.18. The minimum absolute atomic E-state index is 0.799. The van der Waals surface area contributed by atoms with Crippen molar-refractivity contribution in [1.29, 1.82) is 0 Å². The van der Waals surface area contributed by atoms with E-state index in [1.54, 1.807) is 0 Å². The van der Waals surface area contributed by atoms with E-state index in [1.807, 2.05) is 0 Å². The first-order chi connectivity index (χ1) is 8.29. The van der Waals surface area contributed by atoms with Gasteiger partial charge in [0, 0.05) is 31.9 Å². The van der Waals surface area contributed by atoms with Crippen molar-refractivity contribution < 1.29 is 4.74 Å². The monoisotopic (exact) mass is 234 g/mol. The molecule has 0 aliphatic carbocycles. The summed E-state index contributed by atoms with van der Waals surface area (Å²) in [5.41, 5.74) is 1.31. The Bertz CT molecular complexity index is 329. The van der Waals surface area contributed by atoms with Crippen molar-refractivity contribution in [3.05, 3.63) is 24.3 Å². The van der Waals surface area contributed by atoms with Crippen LogP contribution in [-0.4, -0.2) is 44.7 Å². The Labute approximate surface area is 104 Å². The van der Waals surface area contributed by atoms with Crippen LogP contribution in [0.3, 0.4) is 0 Å². The number of ether oxygens (including phenoxy) is 1. The quantitative estimate of drug-likeness (QED) is 0.794. The molecule has 94 valence electrons. The normalized spacial score (nSPS) is 17.2. The molecule has 0 atom stereocenters. The highest BCUT2D eigenvalue weighted by Crippen LogP contribution is 2.20. The lowest BCUT2D eigenvalue weighted by atomic mass is 10.2. The van der Waals surface area contributed by atoms with Gasteiger partial charge in [-0.3, -0.25) is 0 Å². The summed E-state index contributed by atoms with van der Waals surface area (Å²) in [4.78, 5) is 4.80. The van der Waals surface area contributed by atoms with E-state index in [0.717, 1.165) is 45.0 Å². The highest BCUT2D eigenvalue weighted by molar-refractivity contribution is 5.49. The Morgan fingerprint density at radius 2 is 1.71 bits per heavy atom. The molecule has 0 radical (unpaired) electrons. The van der Waals surface area contributed by atoms with E-state index in [2.05, 4.69) is 48.0 Å². The first-order valence-corrected chi connectivity index (χ1v) is 6.46. The molecule has 0 unspecified atom stereocenters. The van der Waals surface area contributed by atoms with E-state index in [0.29, 0.717) is 0 Å². The average Bonchev–Trinajstić information content (AvgIpc) is 2.38. The van der Waals surface area contributed by atoms with Gasteiger partial charge in [0.2, 0.25) is 0 Å². The van der Waals surface area contributed by atoms with Crippen LogP contribution in [0.2, 0.25) is 0 Å². The summed E-state index contributed by atoms with van der Waals surface area (Å²) in [6, 6.07) is 8.47. The summed E-state index contributed by atoms with van der Waals surface area (Å²) in [5.74, 6) is 0.977. The predicted molar refractivity (Wildman–Crippen MR) is 71.9 cm³/mol. The van der Waals surface area contributed by atoms with Gasteiger partial charge in [-0.15, -0.1) is 0 Å². The van der Waals surface area contributed by atoms with Gasteiger partial charge >= 0.3 is 0 Å². The molecule has 0 bridgehead atoms. The van der Waals surface area contributed by atoms with Crippen LogP contribution in [-0.2, 0) is 0 Å². The fourth-order valence-corrected chi connectivity index (χ4v) is 2.04. The van der Waals surface area contributed by atoms with Crippen molar-refractivity contribution in [2.45, 2.75) is 13.3 Å². The molecule has 0 amide bonds. The van der Waals surface area contributed by atoms with E-state index in [9.17, 15) is 0 Å². The number of hydrogen-bond acceptors (Lipinski definition) is 3. The third-order valence-electron chi connectivity index (χ3n) is 3.18. The Kier molecular flexibility index (Phi) is 4.26. The van der Waals surface area contributed by atoms with Gasteiger partial charge in [-0.05, 0) is 37.7 Å². The maximum atomic E-state index is 5.59. The highest BCUT2D eigenvalue weighted by Gasteiger charge is 2.13. The Morgan fingerprint density at radius 1 is 1.06 bits per heavy atom. The lowest BCUT2D eigenvalue weighted by molar-refractivity contribution is 0.312. The largest absolute Gasteiger partial charge is 0.494 e. The molecule has 1 aliphatic rings. The molecule has 17 heavy (non-hydrogen) atoms. The van der Waals surface area contributed by atoms with Gasteiger partial charge in [-0.25, -0.2) is 0 Å². The molecule has 0 spiro atoms. The van der Waals surface area contributed by atoms with E-state index in [1.165, 1.54) is 5.69 Å². The average molecular weight is 234 g/mol. The van der Waals surface area contributed by atoms with Gasteiger partial charge < -0.3 is 14.5 Å². The minimum atomic E-state index is 0.799. The van der Waals surface area contributed by atoms with Crippen molar-refractivity contribution in [3.63, 3.8) is 0 Å². The summed E-state index contributed by atoms with van der Waals surface area (Å²) < 4.78 is 5.59. The number of hydrogen-bond donors (Lipinski definition) is 0. The molecule has 0 N–H and O–H groups in total. The summed E-state index contributed by atoms with van der Waals surface area (Å²) in [6.45, 7) is 7.45. The second-order valence-corrected chi connectivity index (χ2v) is 4.63. The maximum Gasteiger partial charge on any atom is 0.119 e. The molecule has 0 aromatic heterocycles. The lowest BCUT2D eigenvalue weighted by Crippen LogP contribution is -2.44. The first-order valence-electron chi connectivity index (χ1n) is 6.46. The fraction of sp³-hybridized carbons (Fsp3) is 0.571. The van der Waals surface area contributed by atoms with Crippen LogP contribution in [0.5, 0.6) is 5.75 Å². The zero-order chi connectivity index (χ0) is 12.1. The van der Waals surface area contributed by atoms with Crippen LogP contribution in [0.1, 0.15) is 13.3 Å². The molecule has 1 aromatic carbocycles. The zero-order valence-corrected chi connectivity index (χ0v) is 10.9. The first kappa shape index (κ1) is 12.2. The van der Waals surface area contributed by atoms with Gasteiger partial charge in [-0.1, -0.05) is 6.92 Å². The Morgan fingerprint density at radius 3 is 2.29 bits per heavy atom. The second-order valence-electron chi connectivity index (χ2n) is 4.63. The van der Waals surface area contributed by atoms with Crippen LogP contribution in [0.25, 0.3) is 0 Å². The van der Waals surface area contributed by atoms with Crippen LogP contribution >= 0.6 is 0 Å². The van der Waals surface area contributed by atoms with Crippen molar-refractivity contribution >= 4 is 5.69 Å². The fourth-order valence-electron chi connectivity index (χ4n) is 2.04. The molecular weight excluding hydrogens is 212 g/mol. The third-order valence-corrected chi connectivity index (χ3v) is 3.18. The SMILES string of the molecule is CCCOc1ccc(N2CCN(C)CC2)cc1. The molecule has 1 aromatic rings. The molecule has 1 fully saturated rings. The number of benzene rings is 1. The van der Waals surface area contributed by atoms with Gasteiger partial charge in [0.15, 0.2) is 0 Å². The van der Waals surface area contributed by atoms with Gasteiger partial charge in [0.05, 0.1) is 6.61 Å². The van der Waals surface area contributed by atoms with Crippen molar-refractivity contribution in [2.24, 2.45) is 0 Å². The van der Waals surface area contributed by atoms with Crippen LogP contribution in [0.4, 0.5) is 5.69 Å². The van der Waals surface area contributed by atoms with Gasteiger partial charge in [0.25, 0.3) is 0 Å². The Hall–Kier alpha value is -1.22. The van der Waals surface area contributed by atoms with Gasteiger partial charge in [-0.2, -0.15) is 0 Å². The molecule has 1 heterocycles. The summed E-state index contributed by atoms with van der Waals surface area (Å²) in [5, 5.41) is 0. The number of piperazine rings is 1. The molecule has 3 heteroatoms. The van der Waals surface area contributed by atoms with E-state index < -0.39 is 0 Å². The number of nitrogens with zero attached hydrogens (tertiary/aromatic N) is 2. The summed E-state index contributed by atoms with van der Waals surface area (Å²) >= 11 is 0. The minimum Gasteiger partial charge on any atom is -0.494 e. The Balaban J connectivity index is 1.93. The van der Waals surface area contributed by atoms with Crippen molar-refractivity contribution in [1.82, 2.24) is 4.90 Å². The van der Waals surface area contributed by atoms with E-state index in [-0.39, 0.29) is 0 Å². The molecule has 1 saturated heterocycles. The molecule has 1 aliphatic heterocycles. The smallest absolute Gasteiger partial charge is 0.119 e. The third kappa shape index (κ3) is 3.37. The lowest BCUT2D eigenvalue weighted by Gasteiger charge is -2.34. The number of likely N-dealkylation sites (N-methyl/N-ethyl adjacent to an activating group) is 1. The summed E-state index contributed by atoms with van der Waals surface area (Å²) in [6.07, 6.45) is 1.06. The predicted octanol–water partition coefficient (Wildman–Crippen LogP) is 2.23. The van der Waals surface area contributed by atoms with E-state index in [4.69, 9.17) is 4.74 Å². The van der Waals surface area contributed by atoms with Crippen molar-refractivity contribution in [2.75, 3.05) is 44.7 Å². The van der Waals surface area contributed by atoms with Crippen LogP contribution in [0.15, 0.2) is 24.3 Å². The number of anilines is 1. The number of rotatable bonds is 4. The van der Waals surface area contributed by atoms with E-state index >= 15 is 0 Å². The highest BCUT2D eigenvalue weighted by atomic mass is 16.5. The van der Waals surface area contributed by atoms with Crippen LogP contribution < -0.4 is 9.64 Å². The molecule has 2 rings (SSSR count). The molecule has 3 nitrogen and oxygen atoms in total.